The second-order valence-electron chi connectivity index (χ2n) is 6.16. The number of hydrogen-bond donors (Lipinski definition) is 2. The normalized spacial score (nSPS) is 12.1. The van der Waals surface area contributed by atoms with Gasteiger partial charge in [0.15, 0.2) is 0 Å². The number of thiophene rings is 1. The minimum Gasteiger partial charge on any atom is -0.467 e. The first-order valence-electron chi connectivity index (χ1n) is 8.56. The van der Waals surface area contributed by atoms with E-state index < -0.39 is 12.0 Å². The number of rotatable bonds is 6. The van der Waals surface area contributed by atoms with E-state index in [-0.39, 0.29) is 5.91 Å². The number of nitrogens with one attached hydrogen (secondary N) is 2. The van der Waals surface area contributed by atoms with Gasteiger partial charge in [0, 0.05) is 28.4 Å². The van der Waals surface area contributed by atoms with Crippen LogP contribution >= 0.6 is 11.3 Å². The van der Waals surface area contributed by atoms with Crippen LogP contribution in [0.4, 0.5) is 0 Å². The quantitative estimate of drug-likeness (QED) is 0.651. The molecular formula is C20H22N2O3S. The monoisotopic (exact) mass is 370 g/mol. The molecule has 3 rings (SSSR count). The Morgan fingerprint density at radius 3 is 2.73 bits per heavy atom. The van der Waals surface area contributed by atoms with Crippen molar-refractivity contribution >= 4 is 34.1 Å². The number of carbonyl (C=O) groups is 2. The molecule has 2 aromatic heterocycles. The molecule has 0 aliphatic carbocycles. The van der Waals surface area contributed by atoms with Crippen LogP contribution in [0, 0.1) is 6.92 Å². The molecule has 1 aromatic carbocycles. The highest BCUT2D eigenvalue weighted by Gasteiger charge is 2.24. The van der Waals surface area contributed by atoms with Gasteiger partial charge in [0.1, 0.15) is 6.04 Å². The summed E-state index contributed by atoms with van der Waals surface area (Å²) in [5.41, 5.74) is 3.12. The van der Waals surface area contributed by atoms with Gasteiger partial charge in [0.05, 0.1) is 12.0 Å². The molecule has 0 spiro atoms. The predicted octanol–water partition coefficient (Wildman–Crippen LogP) is 3.61. The van der Waals surface area contributed by atoms with Crippen LogP contribution in [0.5, 0.6) is 0 Å². The molecule has 0 unspecified atom stereocenters. The van der Waals surface area contributed by atoms with Crippen LogP contribution in [0.2, 0.25) is 0 Å². The number of methoxy groups -OCH3 is 1. The fraction of sp³-hybridized carbons (Fsp3) is 0.300. The van der Waals surface area contributed by atoms with Gasteiger partial charge in [-0.1, -0.05) is 25.1 Å². The number of ether oxygens (including phenoxy) is 1. The molecule has 2 N–H and O–H groups in total. The molecule has 0 fully saturated rings. The molecule has 3 aromatic rings. The smallest absolute Gasteiger partial charge is 0.328 e. The summed E-state index contributed by atoms with van der Waals surface area (Å²) in [5, 5.41) is 3.87. The van der Waals surface area contributed by atoms with Crippen molar-refractivity contribution in [1.82, 2.24) is 10.3 Å². The number of aromatic nitrogens is 1. The molecule has 5 nitrogen and oxygen atoms in total. The number of esters is 1. The molecule has 0 radical (unpaired) electrons. The molecule has 0 saturated carbocycles. The van der Waals surface area contributed by atoms with Crippen molar-refractivity contribution in [1.29, 1.82) is 0 Å². The fourth-order valence-corrected chi connectivity index (χ4v) is 4.09. The standard InChI is InChI=1S/C20H22N2O3S/c1-4-13-10-18(26-12(13)2)19(23)22-17(20(24)25-3)9-14-11-21-16-8-6-5-7-15(14)16/h5-8,10-11,17,21H,4,9H2,1-3H3,(H,22,23)/t17-/m1/s1. The van der Waals surface area contributed by atoms with Gasteiger partial charge in [-0.3, -0.25) is 4.79 Å². The molecule has 1 atom stereocenters. The number of carbonyl (C=O) groups excluding carboxylic acids is 2. The minimum absolute atomic E-state index is 0.243. The summed E-state index contributed by atoms with van der Waals surface area (Å²) >= 11 is 1.45. The lowest BCUT2D eigenvalue weighted by molar-refractivity contribution is -0.142. The summed E-state index contributed by atoms with van der Waals surface area (Å²) in [7, 11) is 1.33. The van der Waals surface area contributed by atoms with Crippen LogP contribution < -0.4 is 5.32 Å². The Morgan fingerprint density at radius 2 is 2.04 bits per heavy atom. The van der Waals surface area contributed by atoms with Crippen molar-refractivity contribution < 1.29 is 14.3 Å². The third-order valence-electron chi connectivity index (χ3n) is 4.52. The van der Waals surface area contributed by atoms with Gasteiger partial charge in [0.25, 0.3) is 5.91 Å². The summed E-state index contributed by atoms with van der Waals surface area (Å²) in [5.74, 6) is -0.694. The van der Waals surface area contributed by atoms with Crippen LogP contribution in [-0.4, -0.2) is 30.0 Å². The van der Waals surface area contributed by atoms with Crippen molar-refractivity contribution in [2.45, 2.75) is 32.7 Å². The Labute approximate surface area is 156 Å². The Kier molecular flexibility index (Phi) is 5.42. The fourth-order valence-electron chi connectivity index (χ4n) is 3.07. The molecule has 0 aliphatic heterocycles. The van der Waals surface area contributed by atoms with Crippen molar-refractivity contribution in [3.8, 4) is 0 Å². The molecular weight excluding hydrogens is 348 g/mol. The third-order valence-corrected chi connectivity index (χ3v) is 5.61. The van der Waals surface area contributed by atoms with Crippen LogP contribution in [0.3, 0.4) is 0 Å². The topological polar surface area (TPSA) is 71.2 Å². The van der Waals surface area contributed by atoms with Crippen molar-refractivity contribution in [2.24, 2.45) is 0 Å². The lowest BCUT2D eigenvalue weighted by Gasteiger charge is -2.15. The summed E-state index contributed by atoms with van der Waals surface area (Å²) < 4.78 is 4.90. The van der Waals surface area contributed by atoms with E-state index in [0.29, 0.717) is 11.3 Å². The zero-order valence-corrected chi connectivity index (χ0v) is 15.9. The van der Waals surface area contributed by atoms with E-state index in [1.807, 2.05) is 43.5 Å². The lowest BCUT2D eigenvalue weighted by atomic mass is 10.0. The Morgan fingerprint density at radius 1 is 1.27 bits per heavy atom. The Balaban J connectivity index is 1.82. The molecule has 26 heavy (non-hydrogen) atoms. The first-order chi connectivity index (χ1) is 12.5. The zero-order chi connectivity index (χ0) is 18.7. The maximum atomic E-state index is 12.6. The number of hydrogen-bond acceptors (Lipinski definition) is 4. The highest BCUT2D eigenvalue weighted by Crippen LogP contribution is 2.23. The number of para-hydroxylation sites is 1. The van der Waals surface area contributed by atoms with Crippen LogP contribution in [0.25, 0.3) is 10.9 Å². The molecule has 6 heteroatoms. The van der Waals surface area contributed by atoms with Crippen LogP contribution in [0.1, 0.15) is 32.6 Å². The largest absolute Gasteiger partial charge is 0.467 e. The summed E-state index contributed by atoms with van der Waals surface area (Å²) in [4.78, 5) is 29.8. The summed E-state index contributed by atoms with van der Waals surface area (Å²) in [6.45, 7) is 4.06. The minimum atomic E-state index is -0.737. The highest BCUT2D eigenvalue weighted by atomic mass is 32.1. The van der Waals surface area contributed by atoms with E-state index in [9.17, 15) is 9.59 Å². The molecule has 1 amide bonds. The second kappa shape index (κ2) is 7.74. The van der Waals surface area contributed by atoms with Gasteiger partial charge in [0.2, 0.25) is 0 Å². The van der Waals surface area contributed by atoms with Gasteiger partial charge in [-0.25, -0.2) is 4.79 Å². The van der Waals surface area contributed by atoms with E-state index in [1.165, 1.54) is 18.4 Å². The highest BCUT2D eigenvalue weighted by molar-refractivity contribution is 7.14. The number of aromatic amines is 1. The first kappa shape index (κ1) is 18.2. The molecule has 0 aliphatic rings. The van der Waals surface area contributed by atoms with Gasteiger partial charge >= 0.3 is 5.97 Å². The van der Waals surface area contributed by atoms with E-state index in [0.717, 1.165) is 33.3 Å². The third kappa shape index (κ3) is 3.65. The van der Waals surface area contributed by atoms with Crippen LogP contribution in [0.15, 0.2) is 36.5 Å². The Bertz CT molecular complexity index is 942. The van der Waals surface area contributed by atoms with E-state index in [4.69, 9.17) is 4.74 Å². The molecule has 0 bridgehead atoms. The van der Waals surface area contributed by atoms with Crippen LogP contribution in [-0.2, 0) is 22.4 Å². The van der Waals surface area contributed by atoms with Gasteiger partial charge in [-0.2, -0.15) is 0 Å². The van der Waals surface area contributed by atoms with E-state index in [1.54, 1.807) is 0 Å². The second-order valence-corrected chi connectivity index (χ2v) is 7.41. The van der Waals surface area contributed by atoms with Gasteiger partial charge in [-0.05, 0) is 36.6 Å². The van der Waals surface area contributed by atoms with Gasteiger partial charge < -0.3 is 15.0 Å². The van der Waals surface area contributed by atoms with Crippen molar-refractivity contribution in [2.75, 3.05) is 7.11 Å². The van der Waals surface area contributed by atoms with Crippen molar-refractivity contribution in [3.05, 3.63) is 57.4 Å². The summed E-state index contributed by atoms with van der Waals surface area (Å²) in [6, 6.07) is 9.03. The average molecular weight is 370 g/mol. The number of aryl methyl sites for hydroxylation is 2. The first-order valence-corrected chi connectivity index (χ1v) is 9.38. The molecule has 0 saturated heterocycles. The maximum Gasteiger partial charge on any atom is 0.328 e. The Hall–Kier alpha value is -2.60. The lowest BCUT2D eigenvalue weighted by Crippen LogP contribution is -2.42. The molecule has 136 valence electrons. The zero-order valence-electron chi connectivity index (χ0n) is 15.1. The van der Waals surface area contributed by atoms with Gasteiger partial charge in [-0.15, -0.1) is 11.3 Å². The van der Waals surface area contributed by atoms with E-state index in [2.05, 4.69) is 17.2 Å². The number of fused-ring (bicyclic) bond motifs is 1. The average Bonchev–Trinajstić information content (AvgIpc) is 3.24. The number of benzene rings is 1. The van der Waals surface area contributed by atoms with Crippen molar-refractivity contribution in [3.63, 3.8) is 0 Å². The predicted molar refractivity (Wildman–Crippen MR) is 104 cm³/mol. The number of H-pyrrole nitrogens is 1. The summed E-state index contributed by atoms with van der Waals surface area (Å²) in [6.07, 6.45) is 3.12. The number of amides is 1. The maximum absolute atomic E-state index is 12.6. The SMILES string of the molecule is CCc1cc(C(=O)N[C@H](Cc2c[nH]c3ccccc23)C(=O)OC)sc1C. The molecule has 2 heterocycles. The van der Waals surface area contributed by atoms with E-state index >= 15 is 0 Å².